The number of methoxy groups -OCH3 is 1. The first-order valence-electron chi connectivity index (χ1n) is 5.33. The van der Waals surface area contributed by atoms with Gasteiger partial charge in [0.05, 0.1) is 7.11 Å². The highest BCUT2D eigenvalue weighted by atomic mass is 32.1. The van der Waals surface area contributed by atoms with Crippen LogP contribution < -0.4 is 10.5 Å². The predicted molar refractivity (Wildman–Crippen MR) is 70.8 cm³/mol. The van der Waals surface area contributed by atoms with Crippen LogP contribution in [0.3, 0.4) is 0 Å². The molecule has 0 aliphatic rings. The Morgan fingerprint density at radius 2 is 2.22 bits per heavy atom. The highest BCUT2D eigenvalue weighted by molar-refractivity contribution is 7.07. The number of carbonyl (C=O) groups excluding carboxylic acids is 1. The van der Waals surface area contributed by atoms with Gasteiger partial charge in [-0.15, -0.1) is 0 Å². The van der Waals surface area contributed by atoms with Crippen LogP contribution in [0.15, 0.2) is 35.0 Å². The largest absolute Gasteiger partial charge is 0.488 e. The van der Waals surface area contributed by atoms with Crippen molar-refractivity contribution in [3.8, 4) is 5.75 Å². The lowest BCUT2D eigenvalue weighted by atomic mass is 10.1. The van der Waals surface area contributed by atoms with Crippen LogP contribution in [-0.2, 0) is 11.3 Å². The summed E-state index contributed by atoms with van der Waals surface area (Å²) in [5.41, 5.74) is 7.45. The van der Waals surface area contributed by atoms with Crippen LogP contribution in [0.4, 0.5) is 5.69 Å². The van der Waals surface area contributed by atoms with E-state index in [9.17, 15) is 4.79 Å². The summed E-state index contributed by atoms with van der Waals surface area (Å²) in [7, 11) is 1.32. The Kier molecular flexibility index (Phi) is 3.84. The third-order valence-electron chi connectivity index (χ3n) is 2.42. The molecular formula is C13H13NO3S. The van der Waals surface area contributed by atoms with Crippen molar-refractivity contribution >= 4 is 23.0 Å². The molecule has 0 spiro atoms. The zero-order chi connectivity index (χ0) is 13.0. The summed E-state index contributed by atoms with van der Waals surface area (Å²) >= 11 is 1.60. The van der Waals surface area contributed by atoms with E-state index in [1.807, 2.05) is 16.8 Å². The van der Waals surface area contributed by atoms with Crippen LogP contribution in [0.25, 0.3) is 0 Å². The number of thiophene rings is 1. The summed E-state index contributed by atoms with van der Waals surface area (Å²) in [6.07, 6.45) is 0. The molecule has 0 amide bonds. The minimum Gasteiger partial charge on any atom is -0.488 e. The van der Waals surface area contributed by atoms with Gasteiger partial charge in [0.15, 0.2) is 0 Å². The number of anilines is 1. The van der Waals surface area contributed by atoms with Gasteiger partial charge in [-0.1, -0.05) is 6.07 Å². The summed E-state index contributed by atoms with van der Waals surface area (Å²) in [6, 6.07) is 7.05. The molecule has 2 aromatic rings. The number of rotatable bonds is 4. The van der Waals surface area contributed by atoms with Gasteiger partial charge in [0.1, 0.15) is 17.9 Å². The minimum atomic E-state index is -0.492. The molecule has 0 aliphatic carbocycles. The molecular weight excluding hydrogens is 250 g/mol. The lowest BCUT2D eigenvalue weighted by Crippen LogP contribution is -2.09. The fraction of sp³-hybridized carbons (Fsp3) is 0.154. The molecule has 0 radical (unpaired) electrons. The summed E-state index contributed by atoms with van der Waals surface area (Å²) in [6.45, 7) is 0.400. The molecule has 18 heavy (non-hydrogen) atoms. The maximum atomic E-state index is 11.6. The van der Waals surface area contributed by atoms with Crippen LogP contribution in [0, 0.1) is 0 Å². The number of esters is 1. The highest BCUT2D eigenvalue weighted by Crippen LogP contribution is 2.26. The van der Waals surface area contributed by atoms with Gasteiger partial charge in [0.2, 0.25) is 0 Å². The standard InChI is InChI=1S/C13H13NO3S/c1-16-13(15)12-10(14)3-2-4-11(12)17-7-9-5-6-18-8-9/h2-6,8H,7,14H2,1H3. The molecule has 5 heteroatoms. The Morgan fingerprint density at radius 3 is 2.89 bits per heavy atom. The van der Waals surface area contributed by atoms with E-state index < -0.39 is 5.97 Å². The second-order valence-corrected chi connectivity index (χ2v) is 4.41. The van der Waals surface area contributed by atoms with Crippen LogP contribution in [-0.4, -0.2) is 13.1 Å². The van der Waals surface area contributed by atoms with Crippen molar-refractivity contribution in [2.45, 2.75) is 6.61 Å². The van der Waals surface area contributed by atoms with Crippen LogP contribution in [0.1, 0.15) is 15.9 Å². The second-order valence-electron chi connectivity index (χ2n) is 3.63. The SMILES string of the molecule is COC(=O)c1c(N)cccc1OCc1ccsc1. The smallest absolute Gasteiger partial charge is 0.343 e. The van der Waals surface area contributed by atoms with Gasteiger partial charge in [-0.25, -0.2) is 4.79 Å². The molecule has 4 nitrogen and oxygen atoms in total. The number of carbonyl (C=O) groups is 1. The third-order valence-corrected chi connectivity index (χ3v) is 3.15. The van der Waals surface area contributed by atoms with Crippen LogP contribution in [0.2, 0.25) is 0 Å². The Balaban J connectivity index is 2.21. The van der Waals surface area contributed by atoms with Crippen LogP contribution in [0.5, 0.6) is 5.75 Å². The Hall–Kier alpha value is -2.01. The van der Waals surface area contributed by atoms with E-state index in [1.165, 1.54) is 7.11 Å². The molecule has 1 aromatic heterocycles. The normalized spacial score (nSPS) is 10.1. The highest BCUT2D eigenvalue weighted by Gasteiger charge is 2.16. The lowest BCUT2D eigenvalue weighted by Gasteiger charge is -2.11. The van der Waals surface area contributed by atoms with Gasteiger partial charge in [-0.3, -0.25) is 0 Å². The molecule has 0 fully saturated rings. The summed E-state index contributed by atoms with van der Waals surface area (Å²) in [4.78, 5) is 11.6. The number of hydrogen-bond donors (Lipinski definition) is 1. The first-order valence-corrected chi connectivity index (χ1v) is 6.27. The maximum absolute atomic E-state index is 11.6. The monoisotopic (exact) mass is 263 g/mol. The molecule has 0 atom stereocenters. The first-order chi connectivity index (χ1) is 8.72. The number of nitrogens with two attached hydrogens (primary N) is 1. The first kappa shape index (κ1) is 12.4. The molecule has 0 aliphatic heterocycles. The summed E-state index contributed by atoms with van der Waals surface area (Å²) in [5, 5.41) is 3.96. The number of nitrogen functional groups attached to an aromatic ring is 1. The zero-order valence-electron chi connectivity index (χ0n) is 9.88. The number of benzene rings is 1. The number of ether oxygens (including phenoxy) is 2. The van der Waals surface area contributed by atoms with Crippen LogP contribution >= 0.6 is 11.3 Å². The fourth-order valence-electron chi connectivity index (χ4n) is 1.52. The molecule has 0 unspecified atom stereocenters. The average Bonchev–Trinajstić information content (AvgIpc) is 2.88. The number of hydrogen-bond acceptors (Lipinski definition) is 5. The molecule has 1 heterocycles. The van der Waals surface area contributed by atoms with Crippen molar-refractivity contribution in [3.63, 3.8) is 0 Å². The van der Waals surface area contributed by atoms with Crippen molar-refractivity contribution in [3.05, 3.63) is 46.2 Å². The molecule has 94 valence electrons. The average molecular weight is 263 g/mol. The molecule has 2 rings (SSSR count). The van der Waals surface area contributed by atoms with Crippen molar-refractivity contribution in [2.24, 2.45) is 0 Å². The van der Waals surface area contributed by atoms with E-state index in [0.29, 0.717) is 18.0 Å². The topological polar surface area (TPSA) is 61.5 Å². The van der Waals surface area contributed by atoms with E-state index in [2.05, 4.69) is 0 Å². The Labute approximate surface area is 109 Å². The molecule has 0 saturated heterocycles. The summed E-state index contributed by atoms with van der Waals surface area (Å²) in [5.74, 6) is -0.0542. The van der Waals surface area contributed by atoms with E-state index in [0.717, 1.165) is 5.56 Å². The maximum Gasteiger partial charge on any atom is 0.343 e. The van der Waals surface area contributed by atoms with Crippen molar-refractivity contribution in [2.75, 3.05) is 12.8 Å². The van der Waals surface area contributed by atoms with Gasteiger partial charge in [0, 0.05) is 5.69 Å². The lowest BCUT2D eigenvalue weighted by molar-refractivity contribution is 0.0597. The van der Waals surface area contributed by atoms with Gasteiger partial charge in [-0.2, -0.15) is 11.3 Å². The van der Waals surface area contributed by atoms with Gasteiger partial charge in [-0.05, 0) is 34.5 Å². The molecule has 0 saturated carbocycles. The van der Waals surface area contributed by atoms with Gasteiger partial charge < -0.3 is 15.2 Å². The van der Waals surface area contributed by atoms with E-state index >= 15 is 0 Å². The van der Waals surface area contributed by atoms with E-state index in [1.54, 1.807) is 29.5 Å². The van der Waals surface area contributed by atoms with Gasteiger partial charge >= 0.3 is 5.97 Å². The second kappa shape index (κ2) is 5.55. The molecule has 2 N–H and O–H groups in total. The summed E-state index contributed by atoms with van der Waals surface area (Å²) < 4.78 is 10.3. The van der Waals surface area contributed by atoms with E-state index in [-0.39, 0.29) is 5.56 Å². The third kappa shape index (κ3) is 2.62. The van der Waals surface area contributed by atoms with E-state index in [4.69, 9.17) is 15.2 Å². The van der Waals surface area contributed by atoms with Crippen molar-refractivity contribution in [1.29, 1.82) is 0 Å². The zero-order valence-corrected chi connectivity index (χ0v) is 10.7. The predicted octanol–water partition coefficient (Wildman–Crippen LogP) is 2.70. The van der Waals surface area contributed by atoms with Crippen molar-refractivity contribution in [1.82, 2.24) is 0 Å². The Morgan fingerprint density at radius 1 is 1.39 bits per heavy atom. The molecule has 1 aromatic carbocycles. The quantitative estimate of drug-likeness (QED) is 0.680. The molecule has 0 bridgehead atoms. The van der Waals surface area contributed by atoms with Crippen molar-refractivity contribution < 1.29 is 14.3 Å². The Bertz CT molecular complexity index is 537. The minimum absolute atomic E-state index is 0.273. The van der Waals surface area contributed by atoms with Gasteiger partial charge in [0.25, 0.3) is 0 Å². The fourth-order valence-corrected chi connectivity index (χ4v) is 2.18.